The number of benzene rings is 1. The molecule has 0 fully saturated rings. The number of carbonyl (C=O) groups is 1. The normalized spacial score (nSPS) is 11.2. The van der Waals surface area contributed by atoms with Crippen LogP contribution in [0.5, 0.6) is 0 Å². The Morgan fingerprint density at radius 3 is 2.61 bits per heavy atom. The minimum Gasteiger partial charge on any atom is -0.326 e. The van der Waals surface area contributed by atoms with Gasteiger partial charge in [0.2, 0.25) is 5.91 Å². The Hall–Kier alpha value is -2.88. The van der Waals surface area contributed by atoms with E-state index in [1.54, 1.807) is 31.7 Å². The fourth-order valence-corrected chi connectivity index (χ4v) is 3.77. The summed E-state index contributed by atoms with van der Waals surface area (Å²) in [6, 6.07) is 4.22. The van der Waals surface area contributed by atoms with Gasteiger partial charge in [-0.2, -0.15) is 0 Å². The fraction of sp³-hybridized carbons (Fsp3) is 0.333. The highest BCUT2D eigenvalue weighted by Gasteiger charge is 2.17. The highest BCUT2D eigenvalue weighted by Crippen LogP contribution is 2.21. The molecule has 28 heavy (non-hydrogen) atoms. The van der Waals surface area contributed by atoms with Crippen LogP contribution in [0.4, 0.5) is 10.1 Å². The van der Waals surface area contributed by atoms with Gasteiger partial charge in [0.1, 0.15) is 5.82 Å². The van der Waals surface area contributed by atoms with E-state index < -0.39 is 17.1 Å². The third kappa shape index (κ3) is 3.59. The molecule has 10 heteroatoms. The number of aryl methyl sites for hydroxylation is 3. The maximum absolute atomic E-state index is 13.3. The van der Waals surface area contributed by atoms with Crippen molar-refractivity contribution in [1.29, 1.82) is 0 Å². The zero-order chi connectivity index (χ0) is 20.6. The first-order valence-electron chi connectivity index (χ1n) is 8.52. The predicted molar refractivity (Wildman–Crippen MR) is 106 cm³/mol. The zero-order valence-electron chi connectivity index (χ0n) is 15.9. The number of carbonyl (C=O) groups excluding carboxylic acids is 1. The van der Waals surface area contributed by atoms with E-state index in [9.17, 15) is 18.8 Å². The molecular formula is C18H20FN5O3S. The standard InChI is InChI=1S/C18H20FN5O3S/c1-10-5-6-11(19)9-12(10)20-13(25)7-8-28-17-21-14-15(22(17)2)23(3)18(27)24(4)16(14)26/h5-6,9H,7-8H2,1-4H3,(H,20,25). The Morgan fingerprint density at radius 2 is 1.89 bits per heavy atom. The molecule has 0 bridgehead atoms. The van der Waals surface area contributed by atoms with Crippen LogP contribution in [0, 0.1) is 12.7 Å². The van der Waals surface area contributed by atoms with Crippen molar-refractivity contribution >= 4 is 34.5 Å². The van der Waals surface area contributed by atoms with Gasteiger partial charge in [-0.3, -0.25) is 18.7 Å². The summed E-state index contributed by atoms with van der Waals surface area (Å²) in [6.45, 7) is 1.79. The van der Waals surface area contributed by atoms with E-state index in [0.717, 1.165) is 10.1 Å². The predicted octanol–water partition coefficient (Wildman–Crippen LogP) is 1.54. The number of hydrogen-bond acceptors (Lipinski definition) is 5. The minimum atomic E-state index is -0.458. The van der Waals surface area contributed by atoms with Gasteiger partial charge in [0.05, 0.1) is 0 Å². The molecule has 0 atom stereocenters. The Balaban J connectivity index is 1.73. The highest BCUT2D eigenvalue weighted by molar-refractivity contribution is 7.99. The van der Waals surface area contributed by atoms with E-state index in [0.29, 0.717) is 22.2 Å². The van der Waals surface area contributed by atoms with Crippen LogP contribution in [0.15, 0.2) is 32.9 Å². The topological polar surface area (TPSA) is 90.9 Å². The Kier molecular flexibility index (Phi) is 5.41. The number of aromatic nitrogens is 4. The van der Waals surface area contributed by atoms with E-state index >= 15 is 0 Å². The molecule has 1 N–H and O–H groups in total. The number of thioether (sulfide) groups is 1. The summed E-state index contributed by atoms with van der Waals surface area (Å²) in [4.78, 5) is 40.9. The maximum Gasteiger partial charge on any atom is 0.332 e. The van der Waals surface area contributed by atoms with Crippen LogP contribution in [-0.4, -0.2) is 30.3 Å². The van der Waals surface area contributed by atoms with Crippen molar-refractivity contribution in [3.63, 3.8) is 0 Å². The lowest BCUT2D eigenvalue weighted by Gasteiger charge is -2.08. The fourth-order valence-electron chi connectivity index (χ4n) is 2.86. The number of nitrogens with one attached hydrogen (secondary N) is 1. The molecule has 0 radical (unpaired) electrons. The van der Waals surface area contributed by atoms with Gasteiger partial charge >= 0.3 is 5.69 Å². The summed E-state index contributed by atoms with van der Waals surface area (Å²) in [5.74, 6) is -0.253. The molecule has 0 unspecified atom stereocenters. The average molecular weight is 405 g/mol. The Morgan fingerprint density at radius 1 is 1.18 bits per heavy atom. The summed E-state index contributed by atoms with van der Waals surface area (Å²) in [7, 11) is 4.70. The van der Waals surface area contributed by atoms with E-state index in [1.165, 1.54) is 35.5 Å². The monoisotopic (exact) mass is 405 g/mol. The van der Waals surface area contributed by atoms with E-state index in [4.69, 9.17) is 0 Å². The molecule has 0 aliphatic heterocycles. The first-order chi connectivity index (χ1) is 13.2. The van der Waals surface area contributed by atoms with Crippen molar-refractivity contribution in [3.05, 3.63) is 50.4 Å². The van der Waals surface area contributed by atoms with Crippen LogP contribution in [-0.2, 0) is 25.9 Å². The summed E-state index contributed by atoms with van der Waals surface area (Å²) in [6.07, 6.45) is 0.181. The number of hydrogen-bond donors (Lipinski definition) is 1. The third-order valence-corrected chi connectivity index (χ3v) is 5.49. The second-order valence-electron chi connectivity index (χ2n) is 6.44. The first kappa shape index (κ1) is 19.9. The van der Waals surface area contributed by atoms with Crippen molar-refractivity contribution in [2.75, 3.05) is 11.1 Å². The molecule has 148 valence electrons. The second-order valence-corrected chi connectivity index (χ2v) is 7.50. The number of rotatable bonds is 5. The van der Waals surface area contributed by atoms with Crippen LogP contribution < -0.4 is 16.6 Å². The van der Waals surface area contributed by atoms with Crippen LogP contribution in [0.3, 0.4) is 0 Å². The highest BCUT2D eigenvalue weighted by atomic mass is 32.2. The number of amides is 1. The molecule has 1 aromatic carbocycles. The van der Waals surface area contributed by atoms with Crippen molar-refractivity contribution < 1.29 is 9.18 Å². The van der Waals surface area contributed by atoms with Crippen LogP contribution >= 0.6 is 11.8 Å². The summed E-state index contributed by atoms with van der Waals surface area (Å²) >= 11 is 1.30. The van der Waals surface area contributed by atoms with Gasteiger partial charge < -0.3 is 9.88 Å². The molecule has 2 heterocycles. The van der Waals surface area contributed by atoms with Gasteiger partial charge in [0.25, 0.3) is 5.56 Å². The smallest absolute Gasteiger partial charge is 0.326 e. The molecule has 0 aliphatic carbocycles. The molecular weight excluding hydrogens is 385 g/mol. The first-order valence-corrected chi connectivity index (χ1v) is 9.50. The Labute approximate surface area is 164 Å². The molecule has 2 aromatic heterocycles. The van der Waals surface area contributed by atoms with Crippen LogP contribution in [0.1, 0.15) is 12.0 Å². The molecule has 0 saturated carbocycles. The van der Waals surface area contributed by atoms with E-state index in [1.807, 2.05) is 0 Å². The lowest BCUT2D eigenvalue weighted by molar-refractivity contribution is -0.115. The van der Waals surface area contributed by atoms with Crippen molar-refractivity contribution in [1.82, 2.24) is 18.7 Å². The van der Waals surface area contributed by atoms with Gasteiger partial charge in [0.15, 0.2) is 16.3 Å². The van der Waals surface area contributed by atoms with Gasteiger partial charge in [-0.25, -0.2) is 14.2 Å². The van der Waals surface area contributed by atoms with Crippen molar-refractivity contribution in [2.45, 2.75) is 18.5 Å². The molecule has 8 nitrogen and oxygen atoms in total. The number of anilines is 1. The van der Waals surface area contributed by atoms with Gasteiger partial charge in [-0.1, -0.05) is 17.8 Å². The largest absolute Gasteiger partial charge is 0.332 e. The number of imidazole rings is 1. The zero-order valence-corrected chi connectivity index (χ0v) is 16.8. The minimum absolute atomic E-state index is 0.181. The summed E-state index contributed by atoms with van der Waals surface area (Å²) in [5.41, 5.74) is 0.956. The van der Waals surface area contributed by atoms with Crippen LogP contribution in [0.2, 0.25) is 0 Å². The summed E-state index contributed by atoms with van der Waals surface area (Å²) in [5, 5.41) is 3.22. The lowest BCUT2D eigenvalue weighted by atomic mass is 10.2. The molecule has 0 saturated heterocycles. The molecule has 3 rings (SSSR count). The van der Waals surface area contributed by atoms with E-state index in [2.05, 4.69) is 10.3 Å². The quantitative estimate of drug-likeness (QED) is 0.651. The Bertz CT molecular complexity index is 1190. The number of fused-ring (bicyclic) bond motifs is 1. The average Bonchev–Trinajstić information content (AvgIpc) is 2.98. The SMILES string of the molecule is Cc1ccc(F)cc1NC(=O)CCSc1nc2c(=O)n(C)c(=O)n(C)c2n1C. The number of nitrogens with zero attached hydrogens (tertiary/aromatic N) is 4. The lowest BCUT2D eigenvalue weighted by Crippen LogP contribution is -2.37. The molecule has 0 spiro atoms. The molecule has 3 aromatic rings. The van der Waals surface area contributed by atoms with Crippen molar-refractivity contribution in [2.24, 2.45) is 21.1 Å². The third-order valence-electron chi connectivity index (χ3n) is 4.46. The van der Waals surface area contributed by atoms with Gasteiger partial charge in [-0.15, -0.1) is 0 Å². The van der Waals surface area contributed by atoms with Crippen LogP contribution in [0.25, 0.3) is 11.2 Å². The van der Waals surface area contributed by atoms with Gasteiger partial charge in [-0.05, 0) is 24.6 Å². The molecule has 1 amide bonds. The van der Waals surface area contributed by atoms with Crippen molar-refractivity contribution in [3.8, 4) is 0 Å². The second kappa shape index (κ2) is 7.63. The van der Waals surface area contributed by atoms with E-state index in [-0.39, 0.29) is 17.8 Å². The molecule has 0 aliphatic rings. The maximum atomic E-state index is 13.3. The summed E-state index contributed by atoms with van der Waals surface area (Å²) < 4.78 is 17.4. The van der Waals surface area contributed by atoms with Gasteiger partial charge in [0, 0.05) is 39.0 Å². The number of halogens is 1.